The third-order valence-electron chi connectivity index (χ3n) is 4.79. The second kappa shape index (κ2) is 12.0. The van der Waals surface area contributed by atoms with E-state index in [1.807, 2.05) is 31.2 Å². The predicted molar refractivity (Wildman–Crippen MR) is 120 cm³/mol. The number of aliphatic imine (C=N–C) groups is 1. The van der Waals surface area contributed by atoms with Gasteiger partial charge in [0.2, 0.25) is 5.91 Å². The van der Waals surface area contributed by atoms with Crippen LogP contribution in [-0.4, -0.2) is 50.2 Å². The Hall–Kier alpha value is -2.77. The maximum Gasteiger partial charge on any atom is 0.407 e. The van der Waals surface area contributed by atoms with Gasteiger partial charge in [-0.2, -0.15) is 0 Å². The number of carbonyl (C=O) groups excluding carboxylic acids is 2. The Kier molecular flexibility index (Phi) is 9.44. The van der Waals surface area contributed by atoms with Crippen molar-refractivity contribution in [3.05, 3.63) is 29.8 Å². The minimum Gasteiger partial charge on any atom is -0.450 e. The number of benzene rings is 1. The molecule has 2 amide bonds. The lowest BCUT2D eigenvalue weighted by molar-refractivity contribution is -0.116. The van der Waals surface area contributed by atoms with Gasteiger partial charge in [0.1, 0.15) is 0 Å². The average Bonchev–Trinajstić information content (AvgIpc) is 2.69. The molecule has 1 aliphatic heterocycles. The Bertz CT molecular complexity index is 735. The maximum atomic E-state index is 12.0. The molecule has 8 heteroatoms. The molecule has 0 saturated heterocycles. The Morgan fingerprint density at radius 2 is 2.03 bits per heavy atom. The average molecular weight is 418 g/mol. The van der Waals surface area contributed by atoms with Crippen molar-refractivity contribution in [1.29, 1.82) is 0 Å². The second-order valence-corrected chi connectivity index (χ2v) is 7.83. The minimum absolute atomic E-state index is 0.0260. The number of amides is 2. The van der Waals surface area contributed by atoms with Crippen LogP contribution in [0.2, 0.25) is 0 Å². The summed E-state index contributed by atoms with van der Waals surface area (Å²) >= 11 is 0. The number of carbonyl (C=O) groups is 2. The number of hydrogen-bond donors (Lipinski definition) is 4. The Morgan fingerprint density at radius 1 is 1.27 bits per heavy atom. The molecular weight excluding hydrogens is 382 g/mol. The highest BCUT2D eigenvalue weighted by Gasteiger charge is 2.24. The van der Waals surface area contributed by atoms with Gasteiger partial charge >= 0.3 is 6.09 Å². The van der Waals surface area contributed by atoms with E-state index >= 15 is 0 Å². The number of alkyl carbamates (subject to hydrolysis) is 1. The van der Waals surface area contributed by atoms with Crippen LogP contribution in [0.4, 0.5) is 10.5 Å². The number of nitrogens with zero attached hydrogens (tertiary/aromatic N) is 1. The molecule has 1 heterocycles. The molecule has 0 bridgehead atoms. The number of nitrogens with one attached hydrogen (secondary N) is 4. The highest BCUT2D eigenvalue weighted by Crippen LogP contribution is 2.31. The first-order chi connectivity index (χ1) is 14.4. The Balaban J connectivity index is 2.02. The van der Waals surface area contributed by atoms with Gasteiger partial charge in [-0.3, -0.25) is 9.79 Å². The van der Waals surface area contributed by atoms with Gasteiger partial charge in [0.15, 0.2) is 5.96 Å². The van der Waals surface area contributed by atoms with Crippen LogP contribution >= 0.6 is 0 Å². The van der Waals surface area contributed by atoms with Crippen molar-refractivity contribution < 1.29 is 14.3 Å². The lowest BCUT2D eigenvalue weighted by atomic mass is 9.90. The van der Waals surface area contributed by atoms with E-state index in [1.54, 1.807) is 6.92 Å². The van der Waals surface area contributed by atoms with Gasteiger partial charge in [-0.05, 0) is 37.8 Å². The van der Waals surface area contributed by atoms with Crippen molar-refractivity contribution >= 4 is 23.6 Å². The monoisotopic (exact) mass is 417 g/mol. The van der Waals surface area contributed by atoms with E-state index in [9.17, 15) is 9.59 Å². The fraction of sp³-hybridized carbons (Fsp3) is 0.591. The normalized spacial score (nSPS) is 17.0. The van der Waals surface area contributed by atoms with Crippen LogP contribution in [0.1, 0.15) is 52.0 Å². The lowest BCUT2D eigenvalue weighted by Crippen LogP contribution is -2.43. The highest BCUT2D eigenvalue weighted by atomic mass is 16.5. The molecule has 1 aromatic rings. The number of ether oxygens (including phenoxy) is 1. The maximum absolute atomic E-state index is 12.0. The topological polar surface area (TPSA) is 104 Å². The van der Waals surface area contributed by atoms with Crippen LogP contribution in [0.3, 0.4) is 0 Å². The van der Waals surface area contributed by atoms with E-state index in [4.69, 9.17) is 4.74 Å². The SMILES string of the molecule is CCNC(=NCC(CC(C)C)NC(=O)OCC)NCC1CC(=O)Nc2ccccc21. The standard InChI is InChI=1S/C22H35N5O3/c1-5-23-21(25-14-17(11-15(3)4)26-22(29)30-6-2)24-13-16-12-20(28)27-19-10-8-7-9-18(16)19/h7-10,15-17H,5-6,11-14H2,1-4H3,(H,26,29)(H,27,28)(H2,23,24,25). The van der Waals surface area contributed by atoms with Crippen LogP contribution in [0.5, 0.6) is 0 Å². The third kappa shape index (κ3) is 7.57. The van der Waals surface area contributed by atoms with Crippen LogP contribution in [0, 0.1) is 5.92 Å². The predicted octanol–water partition coefficient (Wildman–Crippen LogP) is 2.83. The number of fused-ring (bicyclic) bond motifs is 1. The van der Waals surface area contributed by atoms with Crippen molar-refractivity contribution in [3.63, 3.8) is 0 Å². The quantitative estimate of drug-likeness (QED) is 0.365. The van der Waals surface area contributed by atoms with Crippen molar-refractivity contribution in [1.82, 2.24) is 16.0 Å². The zero-order chi connectivity index (χ0) is 21.9. The van der Waals surface area contributed by atoms with Gasteiger partial charge in [0.05, 0.1) is 19.2 Å². The molecule has 1 aromatic carbocycles. The second-order valence-electron chi connectivity index (χ2n) is 7.83. The molecule has 8 nitrogen and oxygen atoms in total. The van der Waals surface area contributed by atoms with Crippen molar-refractivity contribution in [2.24, 2.45) is 10.9 Å². The number of hydrogen-bond acceptors (Lipinski definition) is 4. The molecule has 0 aromatic heterocycles. The summed E-state index contributed by atoms with van der Waals surface area (Å²) in [5.41, 5.74) is 2.00. The van der Waals surface area contributed by atoms with E-state index in [2.05, 4.69) is 40.1 Å². The summed E-state index contributed by atoms with van der Waals surface area (Å²) in [6, 6.07) is 7.77. The summed E-state index contributed by atoms with van der Waals surface area (Å²) in [7, 11) is 0. The van der Waals surface area contributed by atoms with E-state index in [0.717, 1.165) is 17.7 Å². The van der Waals surface area contributed by atoms with Crippen molar-refractivity contribution in [3.8, 4) is 0 Å². The molecule has 2 rings (SSSR count). The van der Waals surface area contributed by atoms with Crippen LogP contribution in [-0.2, 0) is 9.53 Å². The van der Waals surface area contributed by atoms with Crippen LogP contribution < -0.4 is 21.3 Å². The molecule has 2 atom stereocenters. The summed E-state index contributed by atoms with van der Waals surface area (Å²) in [6.07, 6.45) is 0.822. The number of rotatable bonds is 9. The zero-order valence-corrected chi connectivity index (χ0v) is 18.5. The van der Waals surface area contributed by atoms with E-state index in [1.165, 1.54) is 0 Å². The summed E-state index contributed by atoms with van der Waals surface area (Å²) in [5.74, 6) is 1.18. The first-order valence-electron chi connectivity index (χ1n) is 10.8. The smallest absolute Gasteiger partial charge is 0.407 e. The molecule has 4 N–H and O–H groups in total. The fourth-order valence-electron chi connectivity index (χ4n) is 3.53. The molecule has 0 radical (unpaired) electrons. The van der Waals surface area contributed by atoms with E-state index in [-0.39, 0.29) is 17.9 Å². The summed E-state index contributed by atoms with van der Waals surface area (Å²) in [5, 5.41) is 12.4. The molecule has 0 aliphatic carbocycles. The first-order valence-corrected chi connectivity index (χ1v) is 10.8. The highest BCUT2D eigenvalue weighted by molar-refractivity contribution is 5.94. The van der Waals surface area contributed by atoms with Gasteiger partial charge in [0.25, 0.3) is 0 Å². The first kappa shape index (κ1) is 23.5. The van der Waals surface area contributed by atoms with Crippen molar-refractivity contribution in [2.75, 3.05) is 31.6 Å². The summed E-state index contributed by atoms with van der Waals surface area (Å²) < 4.78 is 5.01. The molecule has 0 fully saturated rings. The lowest BCUT2D eigenvalue weighted by Gasteiger charge is -2.26. The number of anilines is 1. The molecule has 2 unspecified atom stereocenters. The molecule has 0 spiro atoms. The van der Waals surface area contributed by atoms with Gasteiger partial charge in [-0.25, -0.2) is 4.79 Å². The van der Waals surface area contributed by atoms with Crippen LogP contribution in [0.25, 0.3) is 0 Å². The van der Waals surface area contributed by atoms with Gasteiger partial charge in [-0.15, -0.1) is 0 Å². The number of guanidine groups is 1. The van der Waals surface area contributed by atoms with E-state index in [0.29, 0.717) is 44.5 Å². The summed E-state index contributed by atoms with van der Waals surface area (Å²) in [4.78, 5) is 28.5. The molecule has 1 aliphatic rings. The summed E-state index contributed by atoms with van der Waals surface area (Å²) in [6.45, 7) is 10.1. The van der Waals surface area contributed by atoms with Gasteiger partial charge in [-0.1, -0.05) is 32.0 Å². The number of para-hydroxylation sites is 1. The fourth-order valence-corrected chi connectivity index (χ4v) is 3.53. The molecule has 166 valence electrons. The van der Waals surface area contributed by atoms with E-state index < -0.39 is 6.09 Å². The largest absolute Gasteiger partial charge is 0.450 e. The van der Waals surface area contributed by atoms with Crippen LogP contribution in [0.15, 0.2) is 29.3 Å². The van der Waals surface area contributed by atoms with Crippen molar-refractivity contribution in [2.45, 2.75) is 52.5 Å². The minimum atomic E-state index is -0.416. The molecule has 30 heavy (non-hydrogen) atoms. The zero-order valence-electron chi connectivity index (χ0n) is 18.5. The van der Waals surface area contributed by atoms with Gasteiger partial charge in [0, 0.05) is 31.1 Å². The Labute approximate surface area is 179 Å². The third-order valence-corrected chi connectivity index (χ3v) is 4.79. The Morgan fingerprint density at radius 3 is 2.73 bits per heavy atom. The molecule has 0 saturated carbocycles. The molecular formula is C22H35N5O3. The van der Waals surface area contributed by atoms with Gasteiger partial charge < -0.3 is 26.0 Å².